The first kappa shape index (κ1) is 22.0. The Labute approximate surface area is 188 Å². The molecule has 2 atom stereocenters. The van der Waals surface area contributed by atoms with Gasteiger partial charge in [-0.25, -0.2) is 9.59 Å². The molecule has 2 heterocycles. The van der Waals surface area contributed by atoms with Gasteiger partial charge in [0, 0.05) is 44.1 Å². The molecule has 2 saturated heterocycles. The number of ether oxygens (including phenoxy) is 2. The minimum atomic E-state index is -0.563. The molecule has 0 aliphatic carbocycles. The number of cyclic esters (lactones) is 1. The molecule has 4 rings (SSSR count). The average Bonchev–Trinajstić information content (AvgIpc) is 3.18. The predicted molar refractivity (Wildman–Crippen MR) is 123 cm³/mol. The number of carbonyl (C=O) groups is 2. The number of aryl methyl sites for hydroxylation is 1. The third-order valence-electron chi connectivity index (χ3n) is 5.95. The first-order valence-electron chi connectivity index (χ1n) is 11.1. The summed E-state index contributed by atoms with van der Waals surface area (Å²) in [6.45, 7) is 6.37. The van der Waals surface area contributed by atoms with E-state index in [1.165, 1.54) is 11.3 Å². The highest BCUT2D eigenvalue weighted by atomic mass is 16.6. The molecule has 0 unspecified atom stereocenters. The van der Waals surface area contributed by atoms with Gasteiger partial charge < -0.3 is 19.7 Å². The van der Waals surface area contributed by atoms with Crippen LogP contribution in [0.4, 0.5) is 21.0 Å². The summed E-state index contributed by atoms with van der Waals surface area (Å²) in [5.41, 5.74) is 3.09. The molecule has 2 aliphatic heterocycles. The maximum absolute atomic E-state index is 12.2. The van der Waals surface area contributed by atoms with E-state index in [9.17, 15) is 9.59 Å². The number of hydrogen-bond acceptors (Lipinski definition) is 6. The number of carbonyl (C=O) groups excluding carboxylic acids is 2. The number of para-hydroxylation sites is 1. The van der Waals surface area contributed by atoms with E-state index in [1.807, 2.05) is 42.5 Å². The van der Waals surface area contributed by atoms with E-state index in [1.54, 1.807) is 0 Å². The van der Waals surface area contributed by atoms with Crippen molar-refractivity contribution in [2.24, 2.45) is 0 Å². The van der Waals surface area contributed by atoms with Crippen molar-refractivity contribution < 1.29 is 19.1 Å². The summed E-state index contributed by atoms with van der Waals surface area (Å²) in [7, 11) is 0. The first-order chi connectivity index (χ1) is 15.6. The monoisotopic (exact) mass is 438 g/mol. The van der Waals surface area contributed by atoms with Crippen LogP contribution in [0.5, 0.6) is 0 Å². The summed E-state index contributed by atoms with van der Waals surface area (Å²) in [6, 6.07) is 17.8. The highest BCUT2D eigenvalue weighted by Gasteiger charge is 2.36. The number of alkyl carbamates (subject to hydrolysis) is 1. The van der Waals surface area contributed by atoms with E-state index in [4.69, 9.17) is 9.47 Å². The molecule has 0 radical (unpaired) electrons. The fraction of sp³-hybridized carbons (Fsp3) is 0.417. The number of piperazine rings is 1. The SMILES string of the molecule is CCc1ccc(NC(=O)OC[C@H]2OC(=O)N[C@@H]2CN2CCN(c3ccccc3)CC2)cc1. The van der Waals surface area contributed by atoms with Crippen LogP contribution in [0.25, 0.3) is 0 Å². The molecule has 2 amide bonds. The Morgan fingerprint density at radius 1 is 1.09 bits per heavy atom. The van der Waals surface area contributed by atoms with Crippen molar-refractivity contribution in [3.63, 3.8) is 0 Å². The van der Waals surface area contributed by atoms with E-state index in [2.05, 4.69) is 39.5 Å². The molecule has 0 bridgehead atoms. The second-order valence-electron chi connectivity index (χ2n) is 8.09. The summed E-state index contributed by atoms with van der Waals surface area (Å²) >= 11 is 0. The van der Waals surface area contributed by atoms with Crippen molar-refractivity contribution in [2.75, 3.05) is 49.5 Å². The van der Waals surface area contributed by atoms with Gasteiger partial charge in [-0.05, 0) is 36.2 Å². The second kappa shape index (κ2) is 10.4. The Hall–Kier alpha value is -3.26. The summed E-state index contributed by atoms with van der Waals surface area (Å²) in [5.74, 6) is 0. The van der Waals surface area contributed by atoms with Gasteiger partial charge in [0.25, 0.3) is 0 Å². The number of hydrogen-bond donors (Lipinski definition) is 2. The quantitative estimate of drug-likeness (QED) is 0.691. The fourth-order valence-electron chi connectivity index (χ4n) is 4.05. The third kappa shape index (κ3) is 5.70. The minimum Gasteiger partial charge on any atom is -0.445 e. The lowest BCUT2D eigenvalue weighted by Crippen LogP contribution is -2.52. The predicted octanol–water partition coefficient (Wildman–Crippen LogP) is 3.10. The van der Waals surface area contributed by atoms with E-state index in [-0.39, 0.29) is 12.6 Å². The number of nitrogens with one attached hydrogen (secondary N) is 2. The maximum atomic E-state index is 12.2. The van der Waals surface area contributed by atoms with Crippen LogP contribution in [0.2, 0.25) is 0 Å². The van der Waals surface area contributed by atoms with Crippen LogP contribution in [-0.2, 0) is 15.9 Å². The molecule has 32 heavy (non-hydrogen) atoms. The van der Waals surface area contributed by atoms with Crippen LogP contribution in [0.3, 0.4) is 0 Å². The van der Waals surface area contributed by atoms with Crippen molar-refractivity contribution in [3.8, 4) is 0 Å². The molecule has 2 N–H and O–H groups in total. The van der Waals surface area contributed by atoms with Gasteiger partial charge in [0.05, 0.1) is 6.04 Å². The van der Waals surface area contributed by atoms with Crippen LogP contribution in [-0.4, -0.2) is 68.6 Å². The molecule has 0 saturated carbocycles. The maximum Gasteiger partial charge on any atom is 0.411 e. The first-order valence-corrected chi connectivity index (χ1v) is 11.1. The molecule has 0 aromatic heterocycles. The molecule has 2 aromatic carbocycles. The molecule has 8 heteroatoms. The highest BCUT2D eigenvalue weighted by Crippen LogP contribution is 2.18. The van der Waals surface area contributed by atoms with E-state index in [0.29, 0.717) is 12.2 Å². The molecule has 2 fully saturated rings. The van der Waals surface area contributed by atoms with Crippen LogP contribution < -0.4 is 15.5 Å². The van der Waals surface area contributed by atoms with Crippen LogP contribution in [0.1, 0.15) is 12.5 Å². The van der Waals surface area contributed by atoms with Gasteiger partial charge in [-0.1, -0.05) is 37.3 Å². The number of benzene rings is 2. The van der Waals surface area contributed by atoms with Crippen molar-refractivity contribution in [3.05, 3.63) is 60.2 Å². The smallest absolute Gasteiger partial charge is 0.411 e. The molecular weight excluding hydrogens is 408 g/mol. The van der Waals surface area contributed by atoms with Crippen molar-refractivity contribution in [2.45, 2.75) is 25.5 Å². The van der Waals surface area contributed by atoms with Gasteiger partial charge in [-0.15, -0.1) is 0 Å². The molecular formula is C24H30N4O4. The minimum absolute atomic E-state index is 0.00621. The van der Waals surface area contributed by atoms with Crippen LogP contribution in [0.15, 0.2) is 54.6 Å². The third-order valence-corrected chi connectivity index (χ3v) is 5.95. The van der Waals surface area contributed by atoms with Crippen LogP contribution >= 0.6 is 0 Å². The van der Waals surface area contributed by atoms with Crippen molar-refractivity contribution >= 4 is 23.6 Å². The number of nitrogens with zero attached hydrogens (tertiary/aromatic N) is 2. The average molecular weight is 439 g/mol. The topological polar surface area (TPSA) is 83.1 Å². The summed E-state index contributed by atoms with van der Waals surface area (Å²) in [6.07, 6.45) is -0.606. The number of anilines is 2. The number of amides is 2. The van der Waals surface area contributed by atoms with Crippen molar-refractivity contribution in [1.29, 1.82) is 0 Å². The van der Waals surface area contributed by atoms with Gasteiger partial charge >= 0.3 is 12.2 Å². The van der Waals surface area contributed by atoms with Gasteiger partial charge in [0.15, 0.2) is 6.10 Å². The van der Waals surface area contributed by atoms with Gasteiger partial charge in [0.2, 0.25) is 0 Å². The summed E-state index contributed by atoms with van der Waals surface area (Å²) in [4.78, 5) is 28.7. The van der Waals surface area contributed by atoms with Gasteiger partial charge in [-0.3, -0.25) is 10.2 Å². The largest absolute Gasteiger partial charge is 0.445 e. The molecule has 2 aromatic rings. The van der Waals surface area contributed by atoms with E-state index < -0.39 is 18.3 Å². The van der Waals surface area contributed by atoms with Crippen LogP contribution in [0, 0.1) is 0 Å². The Kier molecular flexibility index (Phi) is 7.11. The summed E-state index contributed by atoms with van der Waals surface area (Å²) < 4.78 is 10.7. The number of rotatable bonds is 7. The zero-order chi connectivity index (χ0) is 22.3. The molecule has 2 aliphatic rings. The lowest BCUT2D eigenvalue weighted by Gasteiger charge is -2.37. The van der Waals surface area contributed by atoms with Gasteiger partial charge in [-0.2, -0.15) is 0 Å². The Morgan fingerprint density at radius 3 is 2.50 bits per heavy atom. The zero-order valence-corrected chi connectivity index (χ0v) is 18.3. The second-order valence-corrected chi connectivity index (χ2v) is 8.09. The zero-order valence-electron chi connectivity index (χ0n) is 18.3. The molecule has 0 spiro atoms. The van der Waals surface area contributed by atoms with E-state index in [0.717, 1.165) is 32.6 Å². The molecule has 8 nitrogen and oxygen atoms in total. The van der Waals surface area contributed by atoms with E-state index >= 15 is 0 Å². The highest BCUT2D eigenvalue weighted by molar-refractivity contribution is 5.84. The standard InChI is InChI=1S/C24H30N4O4/c1-2-18-8-10-19(11-9-18)25-23(29)31-17-22-21(26-24(30)32-22)16-27-12-14-28(15-13-27)20-6-4-3-5-7-20/h3-11,21-22H,2,12-17H2,1H3,(H,25,29)(H,26,30)/t21-,22-/m1/s1. The molecule has 170 valence electrons. The lowest BCUT2D eigenvalue weighted by atomic mass is 10.1. The lowest BCUT2D eigenvalue weighted by molar-refractivity contribution is 0.0618. The Balaban J connectivity index is 1.23. The van der Waals surface area contributed by atoms with Crippen molar-refractivity contribution in [1.82, 2.24) is 10.2 Å². The fourth-order valence-corrected chi connectivity index (χ4v) is 4.05. The Bertz CT molecular complexity index is 898. The van der Waals surface area contributed by atoms with Gasteiger partial charge in [0.1, 0.15) is 6.61 Å². The normalized spacial score (nSPS) is 21.0. The Morgan fingerprint density at radius 2 is 1.81 bits per heavy atom. The summed E-state index contributed by atoms with van der Waals surface area (Å²) in [5, 5.41) is 5.56.